The van der Waals surface area contributed by atoms with Crippen molar-refractivity contribution >= 4 is 45.9 Å². The highest BCUT2D eigenvalue weighted by Gasteiger charge is 2.56. The van der Waals surface area contributed by atoms with Gasteiger partial charge in [0.25, 0.3) is 0 Å². The van der Waals surface area contributed by atoms with E-state index in [1.807, 2.05) is 0 Å². The number of rotatable bonds is 9. The van der Waals surface area contributed by atoms with Crippen molar-refractivity contribution in [3.8, 4) is 0 Å². The largest absolute Gasteiger partial charge is 0.396 e. The number of hydrogen-bond acceptors (Lipinski definition) is 11. The number of aliphatic hydroxyl groups is 3. The zero-order valence-electron chi connectivity index (χ0n) is 19.3. The van der Waals surface area contributed by atoms with Crippen LogP contribution in [0.1, 0.15) is 45.3 Å². The minimum atomic E-state index is -5.24. The first kappa shape index (κ1) is 27.6. The van der Waals surface area contributed by atoms with Crippen LogP contribution in [0.3, 0.4) is 0 Å². The van der Waals surface area contributed by atoms with Gasteiger partial charge in [-0.3, -0.25) is 4.57 Å². The molecule has 17 heteroatoms. The summed E-state index contributed by atoms with van der Waals surface area (Å²) >= 11 is 6.12. The van der Waals surface area contributed by atoms with Crippen LogP contribution < -0.4 is 5.32 Å². The summed E-state index contributed by atoms with van der Waals surface area (Å²) in [4.78, 5) is 27.8. The molecule has 202 valence electrons. The lowest BCUT2D eigenvalue weighted by molar-refractivity contribution is -0.0365. The number of aromatic nitrogens is 4. The van der Waals surface area contributed by atoms with Gasteiger partial charge in [0.05, 0.1) is 17.3 Å². The van der Waals surface area contributed by atoms with E-state index in [0.29, 0.717) is 11.2 Å². The number of nitrogens with one attached hydrogen (secondary N) is 1. The molecule has 1 aliphatic carbocycles. The molecule has 4 rings (SSSR count). The maximum absolute atomic E-state index is 13.0. The lowest BCUT2D eigenvalue weighted by Crippen LogP contribution is -2.44. The second kappa shape index (κ2) is 10.0. The minimum absolute atomic E-state index is 0.0988. The number of halogens is 1. The SMILES string of the molecule is CC(CCO)(P(=O)(O)O)S(=O)(=O)C[C@H]1O[C@@H](n2ncc3c(NC4CCCC4)nc(Cl)nc32)[C@H](O)[C@@H]1O. The Kier molecular flexibility index (Phi) is 7.70. The lowest BCUT2D eigenvalue weighted by atomic mass is 10.1. The number of hydrogen-bond donors (Lipinski definition) is 6. The zero-order chi connectivity index (χ0) is 26.5. The molecule has 0 amide bonds. The monoisotopic (exact) mass is 569 g/mol. The van der Waals surface area contributed by atoms with Crippen molar-refractivity contribution in [1.82, 2.24) is 19.7 Å². The first-order valence-corrected chi connectivity index (χ1v) is 15.0. The molecule has 1 unspecified atom stereocenters. The van der Waals surface area contributed by atoms with Gasteiger partial charge in [0.1, 0.15) is 24.1 Å². The van der Waals surface area contributed by atoms with Crippen molar-refractivity contribution in [1.29, 1.82) is 0 Å². The van der Waals surface area contributed by atoms with Gasteiger partial charge in [-0.25, -0.2) is 13.1 Å². The Morgan fingerprint density at radius 2 is 1.92 bits per heavy atom. The van der Waals surface area contributed by atoms with E-state index < -0.39 is 65.2 Å². The first-order valence-electron chi connectivity index (χ1n) is 11.4. The molecule has 36 heavy (non-hydrogen) atoms. The van der Waals surface area contributed by atoms with Crippen molar-refractivity contribution in [2.45, 2.75) is 74.1 Å². The second-order valence-corrected chi connectivity index (χ2v) is 14.5. The maximum Gasteiger partial charge on any atom is 0.346 e. The van der Waals surface area contributed by atoms with Crippen molar-refractivity contribution in [3.05, 3.63) is 11.5 Å². The van der Waals surface area contributed by atoms with Gasteiger partial charge in [0.15, 0.2) is 26.2 Å². The average Bonchev–Trinajstić information content (AvgIpc) is 3.50. The van der Waals surface area contributed by atoms with Crippen LogP contribution in [0.25, 0.3) is 11.0 Å². The summed E-state index contributed by atoms with van der Waals surface area (Å²) in [5.74, 6) is -0.580. The molecule has 0 radical (unpaired) electrons. The van der Waals surface area contributed by atoms with E-state index in [0.717, 1.165) is 37.3 Å². The van der Waals surface area contributed by atoms with Crippen LogP contribution in [-0.2, 0) is 19.1 Å². The third kappa shape index (κ3) is 4.88. The van der Waals surface area contributed by atoms with Gasteiger partial charge in [-0.05, 0) is 31.4 Å². The molecular formula is C19H29ClN5O9PS. The molecule has 1 saturated carbocycles. The van der Waals surface area contributed by atoms with E-state index in [4.69, 9.17) is 16.3 Å². The Morgan fingerprint density at radius 1 is 1.25 bits per heavy atom. The van der Waals surface area contributed by atoms with Crippen molar-refractivity contribution < 1.29 is 42.8 Å². The van der Waals surface area contributed by atoms with E-state index in [9.17, 15) is 38.1 Å². The number of sulfone groups is 1. The second-order valence-electron chi connectivity index (χ2n) is 9.31. The van der Waals surface area contributed by atoms with E-state index in [1.54, 1.807) is 0 Å². The summed E-state index contributed by atoms with van der Waals surface area (Å²) in [5.41, 5.74) is 0.176. The molecule has 5 atom stereocenters. The molecule has 0 spiro atoms. The fourth-order valence-electron chi connectivity index (χ4n) is 4.61. The van der Waals surface area contributed by atoms with Crippen LogP contribution in [0, 0.1) is 0 Å². The van der Waals surface area contributed by atoms with Gasteiger partial charge < -0.3 is 35.2 Å². The molecule has 2 aliphatic rings. The van der Waals surface area contributed by atoms with Gasteiger partial charge in [-0.1, -0.05) is 12.8 Å². The average molecular weight is 570 g/mol. The molecule has 14 nitrogen and oxygen atoms in total. The Hall–Kier alpha value is -1.42. The molecule has 1 saturated heterocycles. The van der Waals surface area contributed by atoms with Gasteiger partial charge in [0.2, 0.25) is 5.28 Å². The predicted molar refractivity (Wildman–Crippen MR) is 128 cm³/mol. The Labute approximate surface area is 211 Å². The fraction of sp³-hybridized carbons (Fsp3) is 0.737. The van der Waals surface area contributed by atoms with Crippen molar-refractivity contribution in [3.63, 3.8) is 0 Å². The number of aliphatic hydroxyl groups excluding tert-OH is 3. The molecule has 2 fully saturated rings. The highest BCUT2D eigenvalue weighted by atomic mass is 35.5. The van der Waals surface area contributed by atoms with Crippen LogP contribution in [-0.4, -0.2) is 94.5 Å². The van der Waals surface area contributed by atoms with E-state index in [1.165, 1.54) is 6.20 Å². The van der Waals surface area contributed by atoms with Crippen LogP contribution in [0.4, 0.5) is 5.82 Å². The number of fused-ring (bicyclic) bond motifs is 1. The highest BCUT2D eigenvalue weighted by molar-refractivity contribution is 7.99. The number of nitrogens with zero attached hydrogens (tertiary/aromatic N) is 4. The van der Waals surface area contributed by atoms with Gasteiger partial charge in [-0.2, -0.15) is 15.1 Å². The Morgan fingerprint density at radius 3 is 2.53 bits per heavy atom. The summed E-state index contributed by atoms with van der Waals surface area (Å²) in [6, 6.07) is 0.203. The van der Waals surface area contributed by atoms with Crippen molar-refractivity contribution in [2.75, 3.05) is 17.7 Å². The summed E-state index contributed by atoms with van der Waals surface area (Å²) in [7, 11) is -9.89. The Bertz CT molecular complexity index is 1270. The zero-order valence-corrected chi connectivity index (χ0v) is 21.8. The summed E-state index contributed by atoms with van der Waals surface area (Å²) in [5, 5.41) is 38.3. The standard InChI is InChI=1S/C19H29ClN5O9PS/c1-19(6-7-26,35(29,30)31)36(32,33)9-12-13(27)14(28)17(34-12)25-16-11(8-21-25)15(23-18(20)24-16)22-10-4-2-3-5-10/h8,10,12-14,17,26-28H,2-7,9H2,1H3,(H,22,23,24)(H2,29,30,31)/t12-,13-,14-,17-,19?/m1/s1. The Balaban J connectivity index is 1.62. The summed E-state index contributed by atoms with van der Waals surface area (Å²) in [6.45, 7) is 0.0323. The van der Waals surface area contributed by atoms with E-state index >= 15 is 0 Å². The molecule has 3 heterocycles. The van der Waals surface area contributed by atoms with Crippen LogP contribution >= 0.6 is 19.2 Å². The van der Waals surface area contributed by atoms with E-state index in [-0.39, 0.29) is 17.0 Å². The van der Waals surface area contributed by atoms with Crippen LogP contribution in [0.2, 0.25) is 5.28 Å². The molecule has 2 aromatic heterocycles. The van der Waals surface area contributed by atoms with Crippen LogP contribution in [0.15, 0.2) is 6.20 Å². The maximum atomic E-state index is 13.0. The van der Waals surface area contributed by atoms with Gasteiger partial charge in [-0.15, -0.1) is 0 Å². The third-order valence-electron chi connectivity index (χ3n) is 6.95. The minimum Gasteiger partial charge on any atom is -0.396 e. The smallest absolute Gasteiger partial charge is 0.346 e. The molecule has 2 aromatic rings. The van der Waals surface area contributed by atoms with E-state index in [2.05, 4.69) is 20.4 Å². The molecule has 0 aromatic carbocycles. The van der Waals surface area contributed by atoms with Crippen molar-refractivity contribution in [2.24, 2.45) is 0 Å². The number of ether oxygens (including phenoxy) is 1. The first-order chi connectivity index (χ1) is 16.8. The molecule has 1 aliphatic heterocycles. The molecule has 0 bridgehead atoms. The highest BCUT2D eigenvalue weighted by Crippen LogP contribution is 2.56. The molecule has 6 N–H and O–H groups in total. The topological polar surface area (TPSA) is 217 Å². The number of anilines is 1. The van der Waals surface area contributed by atoms with Crippen LogP contribution in [0.5, 0.6) is 0 Å². The normalized spacial score (nSPS) is 27.5. The molecular weight excluding hydrogens is 541 g/mol. The summed E-state index contributed by atoms with van der Waals surface area (Å²) in [6.07, 6.45) is -1.49. The van der Waals surface area contributed by atoms with Gasteiger partial charge >= 0.3 is 7.60 Å². The van der Waals surface area contributed by atoms with Gasteiger partial charge in [0, 0.05) is 19.1 Å². The quantitative estimate of drug-likeness (QED) is 0.175. The summed E-state index contributed by atoms with van der Waals surface area (Å²) < 4.78 is 42.2. The fourth-order valence-corrected chi connectivity index (χ4v) is 8.31. The predicted octanol–water partition coefficient (Wildman–Crippen LogP) is 0.144. The third-order valence-corrected chi connectivity index (χ3v) is 12.4. The lowest BCUT2D eigenvalue weighted by Gasteiger charge is -2.30.